The van der Waals surface area contributed by atoms with E-state index in [0.717, 1.165) is 5.56 Å². The Hall–Kier alpha value is -4.79. The average Bonchev–Trinajstić information content (AvgIpc) is 3.53. The van der Waals surface area contributed by atoms with E-state index in [1.165, 1.54) is 0 Å². The van der Waals surface area contributed by atoms with Crippen molar-refractivity contribution in [2.24, 2.45) is 0 Å². The summed E-state index contributed by atoms with van der Waals surface area (Å²) in [4.78, 5) is 25.3. The molecule has 0 aliphatic rings. The Labute approximate surface area is 188 Å². The monoisotopic (exact) mass is 438 g/mol. The van der Waals surface area contributed by atoms with Crippen LogP contribution < -0.4 is 10.1 Å². The molecule has 0 fully saturated rings. The van der Waals surface area contributed by atoms with Gasteiger partial charge in [-0.25, -0.2) is 9.97 Å². The number of ether oxygens (including phenoxy) is 1. The van der Waals surface area contributed by atoms with E-state index in [0.29, 0.717) is 34.7 Å². The van der Waals surface area contributed by atoms with Crippen LogP contribution in [0.1, 0.15) is 16.3 Å². The summed E-state index contributed by atoms with van der Waals surface area (Å²) in [5.74, 6) is 2.35. The molecule has 3 heterocycles. The highest BCUT2D eigenvalue weighted by atomic mass is 16.5. The molecule has 2 aromatic carbocycles. The van der Waals surface area contributed by atoms with Gasteiger partial charge in [-0.05, 0) is 31.2 Å². The van der Waals surface area contributed by atoms with Crippen molar-refractivity contribution in [1.29, 1.82) is 0 Å². The quantitative estimate of drug-likeness (QED) is 0.410. The van der Waals surface area contributed by atoms with Gasteiger partial charge in [-0.2, -0.15) is 4.98 Å². The van der Waals surface area contributed by atoms with Gasteiger partial charge < -0.3 is 14.6 Å². The summed E-state index contributed by atoms with van der Waals surface area (Å²) in [5.41, 5.74) is 1.63. The van der Waals surface area contributed by atoms with Crippen molar-refractivity contribution in [3.63, 3.8) is 0 Å². The molecule has 0 bridgehead atoms. The van der Waals surface area contributed by atoms with Gasteiger partial charge in [0.2, 0.25) is 5.88 Å². The standard InChI is InChI=1S/C24H18N6O3/c1-16-26-22(30-12-11-25-15-30)14-23(27-16)32-19-9-7-18(8-10-19)28-24(31)20-13-21(33-29-20)17-5-3-2-4-6-17/h2-15H,1H3,(H,28,31). The second kappa shape index (κ2) is 8.75. The molecule has 0 spiro atoms. The molecule has 0 aliphatic heterocycles. The highest BCUT2D eigenvalue weighted by Crippen LogP contribution is 2.24. The maximum Gasteiger partial charge on any atom is 0.277 e. The fourth-order valence-corrected chi connectivity index (χ4v) is 3.15. The lowest BCUT2D eigenvalue weighted by atomic mass is 10.1. The molecule has 9 heteroatoms. The Morgan fingerprint density at radius 1 is 1.03 bits per heavy atom. The molecule has 3 aromatic heterocycles. The second-order valence-corrected chi connectivity index (χ2v) is 7.10. The number of anilines is 1. The van der Waals surface area contributed by atoms with Crippen LogP contribution in [0.3, 0.4) is 0 Å². The Morgan fingerprint density at radius 2 is 1.85 bits per heavy atom. The van der Waals surface area contributed by atoms with Crippen LogP contribution in [0.15, 0.2) is 90.0 Å². The Kier molecular flexibility index (Phi) is 5.34. The van der Waals surface area contributed by atoms with Crippen LogP contribution in [0.2, 0.25) is 0 Å². The topological polar surface area (TPSA) is 108 Å². The number of carbonyl (C=O) groups is 1. The summed E-state index contributed by atoms with van der Waals surface area (Å²) in [6, 6.07) is 19.7. The first-order chi connectivity index (χ1) is 16.1. The van der Waals surface area contributed by atoms with Crippen LogP contribution in [-0.2, 0) is 0 Å². The SMILES string of the molecule is Cc1nc(Oc2ccc(NC(=O)c3cc(-c4ccccc4)on3)cc2)cc(-n2ccnc2)n1. The zero-order valence-corrected chi connectivity index (χ0v) is 17.5. The molecule has 0 radical (unpaired) electrons. The maximum atomic E-state index is 12.5. The molecule has 0 atom stereocenters. The lowest BCUT2D eigenvalue weighted by molar-refractivity contribution is 0.101. The Bertz CT molecular complexity index is 1380. The number of aromatic nitrogens is 5. The first-order valence-corrected chi connectivity index (χ1v) is 10.1. The number of nitrogens with zero attached hydrogens (tertiary/aromatic N) is 5. The lowest BCUT2D eigenvalue weighted by Crippen LogP contribution is -2.12. The predicted molar refractivity (Wildman–Crippen MR) is 120 cm³/mol. The average molecular weight is 438 g/mol. The van der Waals surface area contributed by atoms with Crippen LogP contribution >= 0.6 is 0 Å². The van der Waals surface area contributed by atoms with Gasteiger partial charge in [0.25, 0.3) is 5.91 Å². The van der Waals surface area contributed by atoms with Gasteiger partial charge in [0.15, 0.2) is 11.5 Å². The number of hydrogen-bond donors (Lipinski definition) is 1. The molecular formula is C24H18N6O3. The normalized spacial score (nSPS) is 10.7. The van der Waals surface area contributed by atoms with Crippen molar-refractivity contribution >= 4 is 11.6 Å². The van der Waals surface area contributed by atoms with E-state index < -0.39 is 0 Å². The summed E-state index contributed by atoms with van der Waals surface area (Å²) < 4.78 is 12.9. The minimum absolute atomic E-state index is 0.192. The van der Waals surface area contributed by atoms with Crippen molar-refractivity contribution in [1.82, 2.24) is 24.7 Å². The van der Waals surface area contributed by atoms with Crippen LogP contribution in [-0.4, -0.2) is 30.6 Å². The molecular weight excluding hydrogens is 420 g/mol. The molecule has 5 rings (SSSR count). The highest BCUT2D eigenvalue weighted by Gasteiger charge is 2.14. The van der Waals surface area contributed by atoms with Gasteiger partial charge >= 0.3 is 0 Å². The summed E-state index contributed by atoms with van der Waals surface area (Å²) in [6.45, 7) is 1.79. The van der Waals surface area contributed by atoms with Gasteiger partial charge in [-0.1, -0.05) is 35.5 Å². The van der Waals surface area contributed by atoms with E-state index in [9.17, 15) is 4.79 Å². The minimum Gasteiger partial charge on any atom is -0.439 e. The number of amides is 1. The third kappa shape index (κ3) is 4.62. The number of nitrogens with one attached hydrogen (secondary N) is 1. The van der Waals surface area contributed by atoms with Crippen LogP contribution in [0.25, 0.3) is 17.1 Å². The number of benzene rings is 2. The van der Waals surface area contributed by atoms with E-state index in [4.69, 9.17) is 9.26 Å². The van der Waals surface area contributed by atoms with Gasteiger partial charge in [0, 0.05) is 35.8 Å². The van der Waals surface area contributed by atoms with Crippen molar-refractivity contribution in [2.45, 2.75) is 6.92 Å². The molecule has 0 unspecified atom stereocenters. The van der Waals surface area contributed by atoms with Gasteiger partial charge in [0.05, 0.1) is 0 Å². The van der Waals surface area contributed by atoms with Crippen molar-refractivity contribution in [2.75, 3.05) is 5.32 Å². The first-order valence-electron chi connectivity index (χ1n) is 10.1. The molecule has 1 amide bonds. The molecule has 33 heavy (non-hydrogen) atoms. The van der Waals surface area contributed by atoms with Crippen LogP contribution in [0.4, 0.5) is 5.69 Å². The minimum atomic E-state index is -0.369. The molecule has 0 saturated carbocycles. The number of carbonyl (C=O) groups excluding carboxylic acids is 1. The smallest absolute Gasteiger partial charge is 0.277 e. The van der Waals surface area contributed by atoms with Crippen molar-refractivity contribution in [3.05, 3.63) is 97.0 Å². The van der Waals surface area contributed by atoms with E-state index in [2.05, 4.69) is 25.4 Å². The van der Waals surface area contributed by atoms with E-state index in [1.807, 2.05) is 30.3 Å². The Balaban J connectivity index is 1.26. The van der Waals surface area contributed by atoms with Gasteiger partial charge in [-0.3, -0.25) is 9.36 Å². The number of imidazole rings is 1. The Morgan fingerprint density at radius 3 is 2.61 bits per heavy atom. The third-order valence-electron chi connectivity index (χ3n) is 4.71. The second-order valence-electron chi connectivity index (χ2n) is 7.10. The summed E-state index contributed by atoms with van der Waals surface area (Å²) >= 11 is 0. The lowest BCUT2D eigenvalue weighted by Gasteiger charge is -2.09. The molecule has 1 N–H and O–H groups in total. The first kappa shape index (κ1) is 20.1. The predicted octanol–water partition coefficient (Wildman–Crippen LogP) is 4.67. The largest absolute Gasteiger partial charge is 0.439 e. The van der Waals surface area contributed by atoms with Gasteiger partial charge in [0.1, 0.15) is 23.7 Å². The fourth-order valence-electron chi connectivity index (χ4n) is 3.15. The van der Waals surface area contributed by atoms with Crippen molar-refractivity contribution in [3.8, 4) is 28.8 Å². The van der Waals surface area contributed by atoms with E-state index >= 15 is 0 Å². The van der Waals surface area contributed by atoms with Crippen LogP contribution in [0, 0.1) is 6.92 Å². The van der Waals surface area contributed by atoms with Gasteiger partial charge in [-0.15, -0.1) is 0 Å². The number of aryl methyl sites for hydroxylation is 1. The summed E-state index contributed by atoms with van der Waals surface area (Å²) in [5, 5.41) is 6.67. The molecule has 5 aromatic rings. The molecule has 162 valence electrons. The summed E-state index contributed by atoms with van der Waals surface area (Å²) in [7, 11) is 0. The van der Waals surface area contributed by atoms with Crippen LogP contribution in [0.5, 0.6) is 11.6 Å². The number of hydrogen-bond acceptors (Lipinski definition) is 7. The third-order valence-corrected chi connectivity index (χ3v) is 4.71. The summed E-state index contributed by atoms with van der Waals surface area (Å²) in [6.07, 6.45) is 5.12. The zero-order valence-electron chi connectivity index (χ0n) is 17.5. The maximum absolute atomic E-state index is 12.5. The zero-order chi connectivity index (χ0) is 22.6. The highest BCUT2D eigenvalue weighted by molar-refractivity contribution is 6.03. The molecule has 0 saturated heterocycles. The van der Waals surface area contributed by atoms with E-state index in [-0.39, 0.29) is 11.6 Å². The van der Waals surface area contributed by atoms with Crippen molar-refractivity contribution < 1.29 is 14.1 Å². The molecule has 0 aliphatic carbocycles. The molecule has 9 nitrogen and oxygen atoms in total. The van der Waals surface area contributed by atoms with E-state index in [1.54, 1.807) is 66.6 Å². The fraction of sp³-hybridized carbons (Fsp3) is 0.0417. The number of rotatable bonds is 6.